The maximum Gasteiger partial charge on any atom is 0.0344 e. The molecule has 15 heavy (non-hydrogen) atoms. The minimum absolute atomic E-state index is 0.272. The number of likely N-dealkylation sites (N-methyl/N-ethyl adjacent to an activating group) is 1. The molecule has 1 rings (SSSR count). The molecule has 0 spiro atoms. The van der Waals surface area contributed by atoms with Gasteiger partial charge in [0.1, 0.15) is 0 Å². The molecule has 2 N–H and O–H groups in total. The van der Waals surface area contributed by atoms with E-state index in [1.54, 1.807) is 0 Å². The predicted molar refractivity (Wildman–Crippen MR) is 66.1 cm³/mol. The van der Waals surface area contributed by atoms with Crippen LogP contribution in [0.5, 0.6) is 0 Å². The van der Waals surface area contributed by atoms with Gasteiger partial charge in [-0.2, -0.15) is 0 Å². The molecule has 0 aromatic carbocycles. The number of nitrogens with zero attached hydrogens (tertiary/aromatic N) is 2. The van der Waals surface area contributed by atoms with E-state index in [2.05, 4.69) is 30.7 Å². The normalized spacial score (nSPS) is 29.4. The van der Waals surface area contributed by atoms with Crippen LogP contribution >= 0.6 is 0 Å². The van der Waals surface area contributed by atoms with Crippen LogP contribution < -0.4 is 5.73 Å². The first kappa shape index (κ1) is 12.9. The molecule has 1 saturated heterocycles. The zero-order valence-corrected chi connectivity index (χ0v) is 10.6. The van der Waals surface area contributed by atoms with E-state index in [1.807, 2.05) is 0 Å². The van der Waals surface area contributed by atoms with Gasteiger partial charge in [0.15, 0.2) is 0 Å². The third-order valence-corrected chi connectivity index (χ3v) is 3.96. The van der Waals surface area contributed by atoms with E-state index in [1.165, 1.54) is 32.4 Å². The molecule has 0 aliphatic carbocycles. The third kappa shape index (κ3) is 2.92. The van der Waals surface area contributed by atoms with Gasteiger partial charge in [-0.15, -0.1) is 0 Å². The van der Waals surface area contributed by atoms with Gasteiger partial charge in [-0.05, 0) is 52.5 Å². The molecule has 3 nitrogen and oxygen atoms in total. The largest absolute Gasteiger partial charge is 0.329 e. The van der Waals surface area contributed by atoms with Crippen LogP contribution in [-0.4, -0.2) is 55.1 Å². The Kier molecular flexibility index (Phi) is 5.03. The molecule has 0 amide bonds. The molecule has 1 fully saturated rings. The predicted octanol–water partition coefficient (Wildman–Crippen LogP) is 1.14. The Morgan fingerprint density at radius 2 is 1.87 bits per heavy atom. The maximum absolute atomic E-state index is 6.04. The van der Waals surface area contributed by atoms with Gasteiger partial charge in [0, 0.05) is 12.1 Å². The molecule has 1 atom stereocenters. The fraction of sp³-hybridized carbons (Fsp3) is 1.00. The summed E-state index contributed by atoms with van der Waals surface area (Å²) >= 11 is 0. The number of hydrogen-bond donors (Lipinski definition) is 1. The molecule has 0 radical (unpaired) electrons. The number of hydrogen-bond acceptors (Lipinski definition) is 3. The highest BCUT2D eigenvalue weighted by Crippen LogP contribution is 2.27. The second-order valence-corrected chi connectivity index (χ2v) is 4.76. The summed E-state index contributed by atoms with van der Waals surface area (Å²) in [6.07, 6.45) is 3.77. The van der Waals surface area contributed by atoms with Gasteiger partial charge >= 0.3 is 0 Å². The standard InChI is InChI=1S/C12H27N3/c1-4-15(5-2)12(11-13)7-6-9-14(3)10-8-12/h4-11,13H2,1-3H3. The highest BCUT2D eigenvalue weighted by Gasteiger charge is 2.34. The lowest BCUT2D eigenvalue weighted by Gasteiger charge is -2.42. The van der Waals surface area contributed by atoms with Gasteiger partial charge in [0.25, 0.3) is 0 Å². The van der Waals surface area contributed by atoms with Gasteiger partial charge in [0.05, 0.1) is 0 Å². The summed E-state index contributed by atoms with van der Waals surface area (Å²) in [6, 6.07) is 0. The Balaban J connectivity index is 2.72. The van der Waals surface area contributed by atoms with Crippen molar-refractivity contribution in [1.82, 2.24) is 9.80 Å². The Labute approximate surface area is 94.6 Å². The van der Waals surface area contributed by atoms with Gasteiger partial charge < -0.3 is 10.6 Å². The third-order valence-electron chi connectivity index (χ3n) is 3.96. The lowest BCUT2D eigenvalue weighted by Crippen LogP contribution is -2.54. The SMILES string of the molecule is CCN(CC)C1(CN)CCCN(C)CC1. The monoisotopic (exact) mass is 213 g/mol. The topological polar surface area (TPSA) is 32.5 Å². The summed E-state index contributed by atoms with van der Waals surface area (Å²) in [5.41, 5.74) is 6.32. The lowest BCUT2D eigenvalue weighted by molar-refractivity contribution is 0.0903. The first-order valence-corrected chi connectivity index (χ1v) is 6.32. The highest BCUT2D eigenvalue weighted by atomic mass is 15.2. The molecule has 0 saturated carbocycles. The average Bonchev–Trinajstić information content (AvgIpc) is 2.44. The molecular weight excluding hydrogens is 186 g/mol. The van der Waals surface area contributed by atoms with Crippen molar-refractivity contribution in [3.63, 3.8) is 0 Å². The van der Waals surface area contributed by atoms with Crippen LogP contribution in [0.4, 0.5) is 0 Å². The van der Waals surface area contributed by atoms with Crippen molar-refractivity contribution in [3.05, 3.63) is 0 Å². The van der Waals surface area contributed by atoms with E-state index in [4.69, 9.17) is 5.73 Å². The number of nitrogens with two attached hydrogens (primary N) is 1. The molecule has 0 aromatic heterocycles. The zero-order valence-electron chi connectivity index (χ0n) is 10.6. The van der Waals surface area contributed by atoms with Crippen LogP contribution in [0.1, 0.15) is 33.1 Å². The summed E-state index contributed by atoms with van der Waals surface area (Å²) in [7, 11) is 2.22. The Morgan fingerprint density at radius 1 is 1.20 bits per heavy atom. The Morgan fingerprint density at radius 3 is 2.40 bits per heavy atom. The van der Waals surface area contributed by atoms with E-state index < -0.39 is 0 Å². The lowest BCUT2D eigenvalue weighted by atomic mass is 9.88. The van der Waals surface area contributed by atoms with Crippen LogP contribution in [-0.2, 0) is 0 Å². The van der Waals surface area contributed by atoms with Crippen LogP contribution in [0.15, 0.2) is 0 Å². The second-order valence-electron chi connectivity index (χ2n) is 4.76. The molecule has 90 valence electrons. The molecule has 0 aromatic rings. The Hall–Kier alpha value is -0.120. The van der Waals surface area contributed by atoms with Crippen LogP contribution in [0.25, 0.3) is 0 Å². The van der Waals surface area contributed by atoms with Crippen molar-refractivity contribution in [2.45, 2.75) is 38.6 Å². The fourth-order valence-corrected chi connectivity index (χ4v) is 2.86. The highest BCUT2D eigenvalue weighted by molar-refractivity contribution is 4.93. The molecule has 1 aliphatic heterocycles. The van der Waals surface area contributed by atoms with E-state index in [0.29, 0.717) is 0 Å². The fourth-order valence-electron chi connectivity index (χ4n) is 2.86. The summed E-state index contributed by atoms with van der Waals surface area (Å²) in [5.74, 6) is 0. The molecule has 1 heterocycles. The first-order valence-electron chi connectivity index (χ1n) is 6.32. The minimum atomic E-state index is 0.272. The number of likely N-dealkylation sites (tertiary alicyclic amines) is 1. The minimum Gasteiger partial charge on any atom is -0.329 e. The van der Waals surface area contributed by atoms with Crippen molar-refractivity contribution in [1.29, 1.82) is 0 Å². The first-order chi connectivity index (χ1) is 7.18. The van der Waals surface area contributed by atoms with Crippen molar-refractivity contribution in [2.75, 3.05) is 39.8 Å². The van der Waals surface area contributed by atoms with Crippen LogP contribution in [0, 0.1) is 0 Å². The molecule has 0 bridgehead atoms. The summed E-state index contributed by atoms with van der Waals surface area (Å²) in [6.45, 7) is 9.96. The summed E-state index contributed by atoms with van der Waals surface area (Å²) < 4.78 is 0. The van der Waals surface area contributed by atoms with Gasteiger partial charge in [0.2, 0.25) is 0 Å². The molecule has 3 heteroatoms. The van der Waals surface area contributed by atoms with Crippen molar-refractivity contribution < 1.29 is 0 Å². The maximum atomic E-state index is 6.04. The van der Waals surface area contributed by atoms with E-state index in [0.717, 1.165) is 19.6 Å². The average molecular weight is 213 g/mol. The molecule has 1 unspecified atom stereocenters. The molecular formula is C12H27N3. The number of rotatable bonds is 4. The van der Waals surface area contributed by atoms with E-state index in [-0.39, 0.29) is 5.54 Å². The quantitative estimate of drug-likeness (QED) is 0.760. The van der Waals surface area contributed by atoms with Crippen LogP contribution in [0.2, 0.25) is 0 Å². The summed E-state index contributed by atoms with van der Waals surface area (Å²) in [5, 5.41) is 0. The van der Waals surface area contributed by atoms with Crippen molar-refractivity contribution >= 4 is 0 Å². The Bertz CT molecular complexity index is 180. The summed E-state index contributed by atoms with van der Waals surface area (Å²) in [4.78, 5) is 4.99. The smallest absolute Gasteiger partial charge is 0.0344 e. The van der Waals surface area contributed by atoms with Crippen molar-refractivity contribution in [2.24, 2.45) is 5.73 Å². The van der Waals surface area contributed by atoms with Crippen LogP contribution in [0.3, 0.4) is 0 Å². The van der Waals surface area contributed by atoms with Gasteiger partial charge in [-0.25, -0.2) is 0 Å². The van der Waals surface area contributed by atoms with E-state index >= 15 is 0 Å². The van der Waals surface area contributed by atoms with Crippen molar-refractivity contribution in [3.8, 4) is 0 Å². The van der Waals surface area contributed by atoms with Gasteiger partial charge in [-0.3, -0.25) is 4.90 Å². The zero-order chi connectivity index (χ0) is 11.3. The molecule has 1 aliphatic rings. The van der Waals surface area contributed by atoms with E-state index in [9.17, 15) is 0 Å². The van der Waals surface area contributed by atoms with Gasteiger partial charge in [-0.1, -0.05) is 13.8 Å². The second kappa shape index (κ2) is 5.83.